The quantitative estimate of drug-likeness (QED) is 0.852. The predicted molar refractivity (Wildman–Crippen MR) is 89.6 cm³/mol. The summed E-state index contributed by atoms with van der Waals surface area (Å²) in [6.07, 6.45) is 1.58. The molecule has 0 spiro atoms. The highest BCUT2D eigenvalue weighted by Crippen LogP contribution is 2.27. The SMILES string of the molecule is Oc1ccccc1N=Cc1cccc(CN2CCOCC2)c1O. The van der Waals surface area contributed by atoms with Crippen LogP contribution in [0, 0.1) is 0 Å². The van der Waals surface area contributed by atoms with E-state index in [4.69, 9.17) is 4.74 Å². The lowest BCUT2D eigenvalue weighted by Crippen LogP contribution is -2.35. The Bertz CT molecular complexity index is 694. The van der Waals surface area contributed by atoms with Gasteiger partial charge in [0.05, 0.1) is 13.2 Å². The molecular weight excluding hydrogens is 292 g/mol. The minimum Gasteiger partial charge on any atom is -0.507 e. The van der Waals surface area contributed by atoms with Crippen molar-refractivity contribution in [3.05, 3.63) is 53.6 Å². The summed E-state index contributed by atoms with van der Waals surface area (Å²) in [4.78, 5) is 6.51. The van der Waals surface area contributed by atoms with Crippen molar-refractivity contribution in [3.8, 4) is 11.5 Å². The van der Waals surface area contributed by atoms with Gasteiger partial charge in [0.1, 0.15) is 17.2 Å². The summed E-state index contributed by atoms with van der Waals surface area (Å²) in [6, 6.07) is 12.5. The molecule has 2 aromatic carbocycles. The van der Waals surface area contributed by atoms with E-state index < -0.39 is 0 Å². The van der Waals surface area contributed by atoms with Crippen LogP contribution in [-0.2, 0) is 11.3 Å². The average molecular weight is 312 g/mol. The van der Waals surface area contributed by atoms with Crippen molar-refractivity contribution in [2.75, 3.05) is 26.3 Å². The third kappa shape index (κ3) is 3.88. The van der Waals surface area contributed by atoms with E-state index in [0.717, 1.165) is 31.9 Å². The van der Waals surface area contributed by atoms with Crippen LogP contribution < -0.4 is 0 Å². The average Bonchev–Trinajstić information content (AvgIpc) is 2.58. The molecule has 23 heavy (non-hydrogen) atoms. The largest absolute Gasteiger partial charge is 0.507 e. The van der Waals surface area contributed by atoms with Crippen molar-refractivity contribution in [3.63, 3.8) is 0 Å². The number of morpholine rings is 1. The van der Waals surface area contributed by atoms with Crippen LogP contribution in [0.1, 0.15) is 11.1 Å². The lowest BCUT2D eigenvalue weighted by Gasteiger charge is -2.26. The van der Waals surface area contributed by atoms with E-state index in [1.807, 2.05) is 18.2 Å². The van der Waals surface area contributed by atoms with Gasteiger partial charge in [0.25, 0.3) is 0 Å². The molecule has 0 atom stereocenters. The first-order valence-electron chi connectivity index (χ1n) is 7.67. The van der Waals surface area contributed by atoms with E-state index in [9.17, 15) is 10.2 Å². The van der Waals surface area contributed by atoms with Gasteiger partial charge in [0.2, 0.25) is 0 Å². The maximum absolute atomic E-state index is 10.5. The number of ether oxygens (including phenoxy) is 1. The summed E-state index contributed by atoms with van der Waals surface area (Å²) in [5, 5.41) is 20.2. The van der Waals surface area contributed by atoms with E-state index in [1.165, 1.54) is 0 Å². The van der Waals surface area contributed by atoms with Gasteiger partial charge in [-0.05, 0) is 18.2 Å². The number of nitrogens with zero attached hydrogens (tertiary/aromatic N) is 2. The molecule has 3 rings (SSSR count). The molecule has 0 aromatic heterocycles. The number of rotatable bonds is 4. The summed E-state index contributed by atoms with van der Waals surface area (Å²) >= 11 is 0. The molecule has 2 aromatic rings. The fourth-order valence-electron chi connectivity index (χ4n) is 2.56. The van der Waals surface area contributed by atoms with E-state index in [2.05, 4.69) is 9.89 Å². The van der Waals surface area contributed by atoms with Gasteiger partial charge in [0, 0.05) is 37.0 Å². The number of hydrogen-bond donors (Lipinski definition) is 2. The molecule has 0 bridgehead atoms. The molecule has 1 aliphatic rings. The first-order chi connectivity index (χ1) is 11.2. The van der Waals surface area contributed by atoms with Crippen LogP contribution in [0.25, 0.3) is 0 Å². The van der Waals surface area contributed by atoms with E-state index in [0.29, 0.717) is 17.8 Å². The molecule has 2 N–H and O–H groups in total. The minimum absolute atomic E-state index is 0.118. The third-order valence-electron chi connectivity index (χ3n) is 3.87. The van der Waals surface area contributed by atoms with Crippen LogP contribution >= 0.6 is 0 Å². The van der Waals surface area contributed by atoms with Crippen LogP contribution in [-0.4, -0.2) is 47.6 Å². The first kappa shape index (κ1) is 15.5. The fourth-order valence-corrected chi connectivity index (χ4v) is 2.56. The Labute approximate surface area is 135 Å². The molecule has 0 aliphatic carbocycles. The second-order valence-corrected chi connectivity index (χ2v) is 5.49. The third-order valence-corrected chi connectivity index (χ3v) is 3.87. The van der Waals surface area contributed by atoms with Crippen LogP contribution in [0.3, 0.4) is 0 Å². The molecule has 120 valence electrons. The molecule has 0 unspecified atom stereocenters. The number of aliphatic imine (C=N–C) groups is 1. The van der Waals surface area contributed by atoms with Gasteiger partial charge in [-0.3, -0.25) is 9.89 Å². The lowest BCUT2D eigenvalue weighted by molar-refractivity contribution is 0.0339. The first-order valence-corrected chi connectivity index (χ1v) is 7.67. The van der Waals surface area contributed by atoms with E-state index >= 15 is 0 Å². The maximum atomic E-state index is 10.5. The van der Waals surface area contributed by atoms with Gasteiger partial charge < -0.3 is 14.9 Å². The summed E-state index contributed by atoms with van der Waals surface area (Å²) in [5.41, 5.74) is 1.98. The molecule has 1 aliphatic heterocycles. The molecule has 0 amide bonds. The minimum atomic E-state index is 0.118. The Balaban J connectivity index is 1.78. The molecule has 5 nitrogen and oxygen atoms in total. The van der Waals surface area contributed by atoms with Crippen LogP contribution in [0.15, 0.2) is 47.5 Å². The summed E-state index contributed by atoms with van der Waals surface area (Å²) < 4.78 is 5.34. The van der Waals surface area contributed by atoms with Gasteiger partial charge in [-0.1, -0.05) is 24.3 Å². The molecule has 0 radical (unpaired) electrons. The highest BCUT2D eigenvalue weighted by atomic mass is 16.5. The second-order valence-electron chi connectivity index (χ2n) is 5.49. The predicted octanol–water partition coefficient (Wildman–Crippen LogP) is 2.68. The molecule has 1 fully saturated rings. The standard InChI is InChI=1S/C18H20N2O3/c21-17-7-2-1-6-16(17)19-12-14-4-3-5-15(18(14)22)13-20-8-10-23-11-9-20/h1-7,12,21-22H,8-11,13H2. The Morgan fingerprint density at radius 2 is 1.83 bits per heavy atom. The fraction of sp³-hybridized carbons (Fsp3) is 0.278. The monoisotopic (exact) mass is 312 g/mol. The van der Waals surface area contributed by atoms with Crippen molar-refractivity contribution in [1.29, 1.82) is 0 Å². The molecule has 5 heteroatoms. The smallest absolute Gasteiger partial charge is 0.141 e. The second kappa shape index (κ2) is 7.26. The lowest BCUT2D eigenvalue weighted by atomic mass is 10.1. The van der Waals surface area contributed by atoms with Crippen molar-refractivity contribution in [1.82, 2.24) is 4.90 Å². The van der Waals surface area contributed by atoms with Gasteiger partial charge in [0.15, 0.2) is 0 Å². The van der Waals surface area contributed by atoms with Crippen molar-refractivity contribution in [2.45, 2.75) is 6.54 Å². The zero-order valence-electron chi connectivity index (χ0n) is 12.9. The van der Waals surface area contributed by atoms with E-state index in [1.54, 1.807) is 30.5 Å². The number of hydrogen-bond acceptors (Lipinski definition) is 5. The summed E-state index contributed by atoms with van der Waals surface area (Å²) in [6.45, 7) is 3.89. The highest BCUT2D eigenvalue weighted by Gasteiger charge is 2.13. The Hall–Kier alpha value is -2.37. The zero-order valence-corrected chi connectivity index (χ0v) is 12.9. The molecular formula is C18H20N2O3. The van der Waals surface area contributed by atoms with Crippen LogP contribution in [0.2, 0.25) is 0 Å². The topological polar surface area (TPSA) is 65.3 Å². The van der Waals surface area contributed by atoms with Crippen molar-refractivity contribution >= 4 is 11.9 Å². The van der Waals surface area contributed by atoms with Crippen LogP contribution in [0.5, 0.6) is 11.5 Å². The van der Waals surface area contributed by atoms with Crippen LogP contribution in [0.4, 0.5) is 5.69 Å². The Morgan fingerprint density at radius 1 is 1.04 bits per heavy atom. The zero-order chi connectivity index (χ0) is 16.1. The molecule has 1 saturated heterocycles. The van der Waals surface area contributed by atoms with Gasteiger partial charge in [-0.15, -0.1) is 0 Å². The van der Waals surface area contributed by atoms with Crippen molar-refractivity contribution in [2.24, 2.45) is 4.99 Å². The van der Waals surface area contributed by atoms with E-state index in [-0.39, 0.29) is 11.5 Å². The number of benzene rings is 2. The highest BCUT2D eigenvalue weighted by molar-refractivity contribution is 5.86. The normalized spacial score (nSPS) is 16.0. The van der Waals surface area contributed by atoms with Gasteiger partial charge in [-0.25, -0.2) is 0 Å². The summed E-state index contributed by atoms with van der Waals surface area (Å²) in [7, 11) is 0. The molecule has 0 saturated carbocycles. The molecule has 1 heterocycles. The van der Waals surface area contributed by atoms with Crippen molar-refractivity contribution < 1.29 is 14.9 Å². The Morgan fingerprint density at radius 3 is 2.61 bits per heavy atom. The maximum Gasteiger partial charge on any atom is 0.141 e. The number of phenolic OH excluding ortho intramolecular Hbond substituents is 2. The van der Waals surface area contributed by atoms with Gasteiger partial charge in [-0.2, -0.15) is 0 Å². The Kier molecular flexibility index (Phi) is 4.90. The van der Waals surface area contributed by atoms with Gasteiger partial charge >= 0.3 is 0 Å². The number of aromatic hydroxyl groups is 2. The summed E-state index contributed by atoms with van der Waals surface area (Å²) in [5.74, 6) is 0.353. The number of para-hydroxylation sites is 3. The number of phenols is 2.